The number of nitrogens with zero attached hydrogens (tertiary/aromatic N) is 5. The molecule has 3 aliphatic carbocycles. The number of ether oxygens (including phenoxy) is 2. The molecule has 0 spiro atoms. The van der Waals surface area contributed by atoms with Gasteiger partial charge < -0.3 is 25.4 Å². The fourth-order valence-electron chi connectivity index (χ4n) is 4.78. The third-order valence-electron chi connectivity index (χ3n) is 7.70. The number of fused-ring (bicyclic) bond motifs is 1. The predicted molar refractivity (Wildman–Crippen MR) is 127 cm³/mol. The van der Waals surface area contributed by atoms with Crippen molar-refractivity contribution in [3.63, 3.8) is 0 Å². The van der Waals surface area contributed by atoms with E-state index in [0.717, 1.165) is 45.2 Å². The van der Waals surface area contributed by atoms with Gasteiger partial charge >= 0.3 is 6.01 Å². The zero-order valence-corrected chi connectivity index (χ0v) is 19.5. The Hall–Kier alpha value is -3.61. The van der Waals surface area contributed by atoms with Gasteiger partial charge in [-0.2, -0.15) is 15.2 Å². The molecule has 1 amide bonds. The summed E-state index contributed by atoms with van der Waals surface area (Å²) in [7, 11) is 0. The Morgan fingerprint density at radius 1 is 1.26 bits per heavy atom. The lowest BCUT2D eigenvalue weighted by molar-refractivity contribution is 0.0935. The summed E-state index contributed by atoms with van der Waals surface area (Å²) >= 11 is 0. The molecule has 0 unspecified atom stereocenters. The van der Waals surface area contributed by atoms with E-state index in [2.05, 4.69) is 31.2 Å². The van der Waals surface area contributed by atoms with Crippen LogP contribution < -0.4 is 25.4 Å². The van der Waals surface area contributed by atoms with Crippen LogP contribution in [0.3, 0.4) is 0 Å². The summed E-state index contributed by atoms with van der Waals surface area (Å²) in [6.45, 7) is 2.56. The van der Waals surface area contributed by atoms with E-state index in [-0.39, 0.29) is 29.3 Å². The number of pyridine rings is 1. The second-order valence-corrected chi connectivity index (χ2v) is 10.3. The first-order valence-corrected chi connectivity index (χ1v) is 12.4. The summed E-state index contributed by atoms with van der Waals surface area (Å²) in [5, 5.41) is 12.2. The van der Waals surface area contributed by atoms with Gasteiger partial charge in [0.25, 0.3) is 5.91 Å². The summed E-state index contributed by atoms with van der Waals surface area (Å²) in [4.78, 5) is 28.2. The van der Waals surface area contributed by atoms with Gasteiger partial charge in [0, 0.05) is 36.8 Å². The molecule has 0 aromatic carbocycles. The van der Waals surface area contributed by atoms with Crippen molar-refractivity contribution in [1.82, 2.24) is 20.3 Å². The summed E-state index contributed by atoms with van der Waals surface area (Å²) in [6, 6.07) is 7.88. The maximum Gasteiger partial charge on any atom is 0.319 e. The van der Waals surface area contributed by atoms with Crippen LogP contribution in [0.4, 0.5) is 11.6 Å². The number of rotatable bonds is 9. The summed E-state index contributed by atoms with van der Waals surface area (Å²) in [5.41, 5.74) is 6.23. The number of carbonyl (C=O) groups excluding carboxylic acids is 1. The topological polar surface area (TPSA) is 139 Å². The Bertz CT molecular complexity index is 1170. The number of aromatic nitrogens is 3. The zero-order chi connectivity index (χ0) is 24.0. The second-order valence-electron chi connectivity index (χ2n) is 10.3. The van der Waals surface area contributed by atoms with E-state index in [1.807, 2.05) is 12.1 Å². The molecule has 182 valence electrons. The molecule has 0 bridgehead atoms. The highest BCUT2D eigenvalue weighted by Gasteiger charge is 2.70. The van der Waals surface area contributed by atoms with Gasteiger partial charge in [0.15, 0.2) is 11.6 Å². The van der Waals surface area contributed by atoms with Crippen molar-refractivity contribution in [2.45, 2.75) is 37.6 Å². The molecule has 1 aliphatic heterocycles. The van der Waals surface area contributed by atoms with Crippen LogP contribution in [0.2, 0.25) is 0 Å². The average Bonchev–Trinajstić information content (AvgIpc) is 3.79. The number of nitrogens with one attached hydrogen (secondary N) is 1. The second kappa shape index (κ2) is 8.56. The van der Waals surface area contributed by atoms with Crippen molar-refractivity contribution in [1.29, 1.82) is 5.26 Å². The molecule has 10 nitrogen and oxygen atoms in total. The van der Waals surface area contributed by atoms with E-state index in [9.17, 15) is 4.79 Å². The minimum absolute atomic E-state index is 0.0211. The molecule has 35 heavy (non-hydrogen) atoms. The van der Waals surface area contributed by atoms with Gasteiger partial charge in [0.2, 0.25) is 0 Å². The standard InChI is InChI=1S/C25H29N7O3/c26-12-16-8-17(16)14-35-24-29-19(23(33)31-25-10-18(25)11-25)9-21(30-24)32-6-3-15(4-7-32)13-34-20-2-1-5-28-22(20)27/h1-2,5,9,15-18H,3-4,6-8,10-11,13-14H2,(H2,27,28)(H,31,33)/t16-,17+,18?,25?/m0/s1. The van der Waals surface area contributed by atoms with E-state index in [1.54, 1.807) is 12.3 Å². The number of piperidine rings is 1. The third-order valence-corrected chi connectivity index (χ3v) is 7.70. The molecule has 2 atom stereocenters. The quantitative estimate of drug-likeness (QED) is 0.558. The van der Waals surface area contributed by atoms with Crippen molar-refractivity contribution in [2.24, 2.45) is 23.7 Å². The van der Waals surface area contributed by atoms with Crippen LogP contribution in [0.5, 0.6) is 11.8 Å². The van der Waals surface area contributed by atoms with Crippen LogP contribution in [0.1, 0.15) is 42.6 Å². The van der Waals surface area contributed by atoms with Crippen LogP contribution in [-0.4, -0.2) is 52.7 Å². The zero-order valence-electron chi connectivity index (χ0n) is 19.5. The number of nitrogen functional groups attached to an aromatic ring is 1. The highest BCUT2D eigenvalue weighted by molar-refractivity contribution is 5.94. The Morgan fingerprint density at radius 2 is 2.06 bits per heavy atom. The van der Waals surface area contributed by atoms with E-state index in [1.165, 1.54) is 0 Å². The van der Waals surface area contributed by atoms with Crippen LogP contribution in [0, 0.1) is 35.0 Å². The number of carbonyl (C=O) groups is 1. The SMILES string of the molecule is N#C[C@@H]1C[C@@H]1COc1nc(C(=O)NC23CC2C3)cc(N2CCC(COc3cccnc3N)CC2)n1. The fraction of sp³-hybridized carbons (Fsp3) is 0.560. The van der Waals surface area contributed by atoms with Crippen LogP contribution >= 0.6 is 0 Å². The molecule has 1 saturated heterocycles. The van der Waals surface area contributed by atoms with E-state index < -0.39 is 0 Å². The average molecular weight is 476 g/mol. The Labute approximate surface area is 203 Å². The minimum atomic E-state index is -0.169. The molecular weight excluding hydrogens is 446 g/mol. The fourth-order valence-corrected chi connectivity index (χ4v) is 4.78. The highest BCUT2D eigenvalue weighted by atomic mass is 16.5. The molecule has 4 fully saturated rings. The summed E-state index contributed by atoms with van der Waals surface area (Å²) in [5.74, 6) is 2.85. The predicted octanol–water partition coefficient (Wildman–Crippen LogP) is 2.18. The molecule has 2 aromatic heterocycles. The number of hydrogen-bond donors (Lipinski definition) is 2. The molecule has 4 aliphatic rings. The van der Waals surface area contributed by atoms with Crippen molar-refractivity contribution in [3.05, 3.63) is 30.1 Å². The van der Waals surface area contributed by atoms with Crippen molar-refractivity contribution in [3.8, 4) is 17.8 Å². The first-order chi connectivity index (χ1) is 17.0. The van der Waals surface area contributed by atoms with E-state index in [0.29, 0.717) is 48.1 Å². The van der Waals surface area contributed by atoms with Gasteiger partial charge in [-0.3, -0.25) is 4.79 Å². The molecule has 6 rings (SSSR count). The van der Waals surface area contributed by atoms with Gasteiger partial charge in [-0.1, -0.05) is 0 Å². The van der Waals surface area contributed by atoms with Crippen molar-refractivity contribution in [2.75, 3.05) is 36.9 Å². The highest BCUT2D eigenvalue weighted by Crippen LogP contribution is 2.66. The van der Waals surface area contributed by atoms with Crippen LogP contribution in [0.25, 0.3) is 0 Å². The minimum Gasteiger partial charge on any atom is -0.489 e. The number of nitrogens with two attached hydrogens (primary N) is 1. The molecular formula is C25H29N7O3. The first kappa shape index (κ1) is 21.9. The molecule has 3 heterocycles. The van der Waals surface area contributed by atoms with E-state index >= 15 is 0 Å². The number of anilines is 2. The van der Waals surface area contributed by atoms with Gasteiger partial charge in [0.05, 0.1) is 25.2 Å². The number of hydrogen-bond acceptors (Lipinski definition) is 9. The lowest BCUT2D eigenvalue weighted by Gasteiger charge is -2.32. The third kappa shape index (κ3) is 4.67. The normalized spacial score (nSPS) is 28.4. The summed E-state index contributed by atoms with van der Waals surface area (Å²) < 4.78 is 11.7. The van der Waals surface area contributed by atoms with Crippen molar-refractivity contribution < 1.29 is 14.3 Å². The Morgan fingerprint density at radius 3 is 2.74 bits per heavy atom. The monoisotopic (exact) mass is 475 g/mol. The number of nitriles is 1. The van der Waals surface area contributed by atoms with Gasteiger partial charge in [-0.25, -0.2) is 4.98 Å². The molecule has 3 saturated carbocycles. The maximum absolute atomic E-state index is 12.9. The Kier molecular flexibility index (Phi) is 5.35. The molecule has 2 aromatic rings. The summed E-state index contributed by atoms with van der Waals surface area (Å²) in [6.07, 6.45) is 6.48. The lowest BCUT2D eigenvalue weighted by Crippen LogP contribution is -2.37. The van der Waals surface area contributed by atoms with Gasteiger partial charge in [-0.15, -0.1) is 0 Å². The van der Waals surface area contributed by atoms with Gasteiger partial charge in [0.1, 0.15) is 11.5 Å². The number of amides is 1. The molecule has 0 radical (unpaired) electrons. The molecule has 3 N–H and O–H groups in total. The smallest absolute Gasteiger partial charge is 0.319 e. The first-order valence-electron chi connectivity index (χ1n) is 12.4. The van der Waals surface area contributed by atoms with Crippen molar-refractivity contribution >= 4 is 17.5 Å². The lowest BCUT2D eigenvalue weighted by atomic mass is 9.98. The molecule has 10 heteroatoms. The van der Waals surface area contributed by atoms with Crippen LogP contribution in [0.15, 0.2) is 24.4 Å². The largest absolute Gasteiger partial charge is 0.489 e. The Balaban J connectivity index is 1.10. The van der Waals surface area contributed by atoms with Gasteiger partial charge in [-0.05, 0) is 56.1 Å². The van der Waals surface area contributed by atoms with E-state index in [4.69, 9.17) is 20.5 Å². The maximum atomic E-state index is 12.9. The van der Waals surface area contributed by atoms with Crippen LogP contribution in [-0.2, 0) is 0 Å².